The molecule has 0 bridgehead atoms. The number of hydrogen-bond acceptors (Lipinski definition) is 5. The average Bonchev–Trinajstić information content (AvgIpc) is 2.68. The molecule has 0 saturated carbocycles. The van der Waals surface area contributed by atoms with Gasteiger partial charge in [0.15, 0.2) is 5.78 Å². The number of ether oxygens (including phenoxy) is 2. The lowest BCUT2D eigenvalue weighted by molar-refractivity contribution is -0.0288. The molecule has 0 aliphatic carbocycles. The van der Waals surface area contributed by atoms with E-state index in [0.29, 0.717) is 12.2 Å². The van der Waals surface area contributed by atoms with Crippen LogP contribution in [0.1, 0.15) is 35.9 Å². The van der Waals surface area contributed by atoms with Crippen LogP contribution in [0.2, 0.25) is 0 Å². The number of carbonyl (C=O) groups excluding carboxylic acids is 1. The van der Waals surface area contributed by atoms with Gasteiger partial charge < -0.3 is 9.47 Å². The van der Waals surface area contributed by atoms with Gasteiger partial charge in [0.2, 0.25) is 10.0 Å². The molecule has 1 aliphatic rings. The minimum Gasteiger partial charge on any atom is -0.497 e. The summed E-state index contributed by atoms with van der Waals surface area (Å²) in [5, 5.41) is 0. The predicted molar refractivity (Wildman–Crippen MR) is 101 cm³/mol. The SMILES string of the molecule is COc1ccc(C2CN(S(=O)(=O)c3cccc(C(C)=O)c3)C(C)CO2)cc1. The number of Topliss-reactive ketones (excluding diaryl/α,β-unsaturated/α-hetero) is 1. The fourth-order valence-corrected chi connectivity index (χ4v) is 4.76. The molecule has 1 aliphatic heterocycles. The summed E-state index contributed by atoms with van der Waals surface area (Å²) in [6.07, 6.45) is -0.363. The lowest BCUT2D eigenvalue weighted by Crippen LogP contribution is -2.48. The summed E-state index contributed by atoms with van der Waals surface area (Å²) in [6, 6.07) is 13.3. The highest BCUT2D eigenvalue weighted by atomic mass is 32.2. The predicted octanol–water partition coefficient (Wildman–Crippen LogP) is 3.05. The summed E-state index contributed by atoms with van der Waals surface area (Å²) in [5.41, 5.74) is 1.27. The van der Waals surface area contributed by atoms with Crippen LogP contribution < -0.4 is 4.74 Å². The zero-order valence-electron chi connectivity index (χ0n) is 15.6. The Morgan fingerprint density at radius 3 is 2.52 bits per heavy atom. The molecule has 3 rings (SSSR count). The van der Waals surface area contributed by atoms with Crippen LogP contribution in [0.15, 0.2) is 53.4 Å². The maximum atomic E-state index is 13.2. The van der Waals surface area contributed by atoms with Crippen molar-refractivity contribution in [1.29, 1.82) is 0 Å². The summed E-state index contributed by atoms with van der Waals surface area (Å²) in [4.78, 5) is 11.7. The molecule has 27 heavy (non-hydrogen) atoms. The highest BCUT2D eigenvalue weighted by molar-refractivity contribution is 7.89. The van der Waals surface area contributed by atoms with E-state index >= 15 is 0 Å². The van der Waals surface area contributed by atoms with E-state index in [9.17, 15) is 13.2 Å². The number of rotatable bonds is 5. The van der Waals surface area contributed by atoms with Gasteiger partial charge in [0.1, 0.15) is 5.75 Å². The van der Waals surface area contributed by atoms with Crippen molar-refractivity contribution in [3.8, 4) is 5.75 Å². The summed E-state index contributed by atoms with van der Waals surface area (Å²) in [6.45, 7) is 3.74. The number of nitrogens with zero attached hydrogens (tertiary/aromatic N) is 1. The second-order valence-electron chi connectivity index (χ2n) is 6.60. The largest absolute Gasteiger partial charge is 0.497 e. The maximum Gasteiger partial charge on any atom is 0.243 e. The molecule has 2 aromatic carbocycles. The first-order valence-corrected chi connectivity index (χ1v) is 10.2. The second kappa shape index (κ2) is 7.80. The van der Waals surface area contributed by atoms with E-state index in [0.717, 1.165) is 11.3 Å². The van der Waals surface area contributed by atoms with Gasteiger partial charge in [-0.1, -0.05) is 24.3 Å². The molecule has 2 aromatic rings. The topological polar surface area (TPSA) is 72.9 Å². The lowest BCUT2D eigenvalue weighted by atomic mass is 10.1. The third-order valence-corrected chi connectivity index (χ3v) is 6.69. The Labute approximate surface area is 159 Å². The minimum atomic E-state index is -3.74. The average molecular weight is 389 g/mol. The van der Waals surface area contributed by atoms with Crippen molar-refractivity contribution in [3.63, 3.8) is 0 Å². The number of carbonyl (C=O) groups is 1. The minimum absolute atomic E-state index is 0.123. The van der Waals surface area contributed by atoms with E-state index in [1.165, 1.54) is 23.4 Å². The van der Waals surface area contributed by atoms with Crippen LogP contribution in [0, 0.1) is 0 Å². The van der Waals surface area contributed by atoms with Gasteiger partial charge in [0.25, 0.3) is 0 Å². The van der Waals surface area contributed by atoms with Crippen LogP contribution in [0.5, 0.6) is 5.75 Å². The van der Waals surface area contributed by atoms with Crippen molar-refractivity contribution in [1.82, 2.24) is 4.31 Å². The van der Waals surface area contributed by atoms with Gasteiger partial charge in [-0.3, -0.25) is 4.79 Å². The number of hydrogen-bond donors (Lipinski definition) is 0. The summed E-state index contributed by atoms with van der Waals surface area (Å²) >= 11 is 0. The van der Waals surface area contributed by atoms with E-state index in [4.69, 9.17) is 9.47 Å². The Hall–Kier alpha value is -2.22. The molecule has 0 aromatic heterocycles. The van der Waals surface area contributed by atoms with Crippen LogP contribution in [0.3, 0.4) is 0 Å². The van der Waals surface area contributed by atoms with Gasteiger partial charge in [0, 0.05) is 18.2 Å². The molecule has 0 spiro atoms. The van der Waals surface area contributed by atoms with E-state index in [2.05, 4.69) is 0 Å². The zero-order valence-corrected chi connectivity index (χ0v) is 16.4. The van der Waals surface area contributed by atoms with Gasteiger partial charge in [-0.25, -0.2) is 8.42 Å². The molecule has 1 saturated heterocycles. The molecule has 1 fully saturated rings. The Morgan fingerprint density at radius 1 is 1.19 bits per heavy atom. The first-order chi connectivity index (χ1) is 12.8. The molecule has 0 N–H and O–H groups in total. The third kappa shape index (κ3) is 4.05. The Balaban J connectivity index is 1.89. The van der Waals surface area contributed by atoms with Gasteiger partial charge in [-0.15, -0.1) is 0 Å². The van der Waals surface area contributed by atoms with Crippen molar-refractivity contribution in [2.75, 3.05) is 20.3 Å². The Morgan fingerprint density at radius 2 is 1.89 bits per heavy atom. The number of ketones is 1. The van der Waals surface area contributed by atoms with E-state index in [-0.39, 0.29) is 29.4 Å². The monoisotopic (exact) mass is 389 g/mol. The second-order valence-corrected chi connectivity index (χ2v) is 8.49. The molecule has 2 unspecified atom stereocenters. The van der Waals surface area contributed by atoms with Crippen LogP contribution >= 0.6 is 0 Å². The third-order valence-electron chi connectivity index (χ3n) is 4.71. The number of benzene rings is 2. The normalized spacial score (nSPS) is 21.0. The standard InChI is InChI=1S/C20H23NO5S/c1-14-13-26-20(16-7-9-18(25-3)10-8-16)12-21(14)27(23,24)19-6-4-5-17(11-19)15(2)22/h4-11,14,20H,12-13H2,1-3H3. The van der Waals surface area contributed by atoms with E-state index in [1.807, 2.05) is 31.2 Å². The quantitative estimate of drug-likeness (QED) is 0.735. The molecule has 6 nitrogen and oxygen atoms in total. The number of morpholine rings is 1. The van der Waals surface area contributed by atoms with Crippen molar-refractivity contribution < 1.29 is 22.7 Å². The van der Waals surface area contributed by atoms with Gasteiger partial charge >= 0.3 is 0 Å². The first-order valence-electron chi connectivity index (χ1n) is 8.71. The van der Waals surface area contributed by atoms with Crippen LogP contribution in [-0.4, -0.2) is 44.8 Å². The highest BCUT2D eigenvalue weighted by Crippen LogP contribution is 2.30. The summed E-state index contributed by atoms with van der Waals surface area (Å²) in [7, 11) is -2.15. The molecular weight excluding hydrogens is 366 g/mol. The van der Waals surface area contributed by atoms with Gasteiger partial charge in [0.05, 0.1) is 24.7 Å². The van der Waals surface area contributed by atoms with Gasteiger partial charge in [-0.2, -0.15) is 4.31 Å². The van der Waals surface area contributed by atoms with Crippen LogP contribution in [-0.2, 0) is 14.8 Å². The fourth-order valence-electron chi connectivity index (χ4n) is 3.10. The molecule has 1 heterocycles. The van der Waals surface area contributed by atoms with E-state index in [1.54, 1.807) is 19.2 Å². The molecule has 7 heteroatoms. The van der Waals surface area contributed by atoms with Crippen molar-refractivity contribution in [2.24, 2.45) is 0 Å². The maximum absolute atomic E-state index is 13.2. The van der Waals surface area contributed by atoms with Gasteiger partial charge in [-0.05, 0) is 43.7 Å². The van der Waals surface area contributed by atoms with Crippen LogP contribution in [0.25, 0.3) is 0 Å². The Bertz CT molecular complexity index is 924. The fraction of sp³-hybridized carbons (Fsp3) is 0.350. The van der Waals surface area contributed by atoms with E-state index < -0.39 is 10.0 Å². The van der Waals surface area contributed by atoms with Crippen molar-refractivity contribution in [3.05, 3.63) is 59.7 Å². The zero-order chi connectivity index (χ0) is 19.6. The number of sulfonamides is 1. The molecule has 0 amide bonds. The first kappa shape index (κ1) is 19.5. The summed E-state index contributed by atoms with van der Waals surface area (Å²) in [5.74, 6) is 0.562. The molecule has 2 atom stereocenters. The highest BCUT2D eigenvalue weighted by Gasteiger charge is 2.36. The lowest BCUT2D eigenvalue weighted by Gasteiger charge is -2.37. The Kier molecular flexibility index (Phi) is 5.64. The van der Waals surface area contributed by atoms with Crippen molar-refractivity contribution in [2.45, 2.75) is 30.9 Å². The number of methoxy groups -OCH3 is 1. The van der Waals surface area contributed by atoms with Crippen molar-refractivity contribution >= 4 is 15.8 Å². The summed E-state index contributed by atoms with van der Waals surface area (Å²) < 4.78 is 38.9. The molecular formula is C20H23NO5S. The molecule has 0 radical (unpaired) electrons. The molecule has 144 valence electrons. The smallest absolute Gasteiger partial charge is 0.243 e. The van der Waals surface area contributed by atoms with Crippen LogP contribution in [0.4, 0.5) is 0 Å².